The zero-order chi connectivity index (χ0) is 13.1. The van der Waals surface area contributed by atoms with Crippen LogP contribution in [-0.2, 0) is 13.2 Å². The molecular formula is C15H15NO3. The van der Waals surface area contributed by atoms with Gasteiger partial charge in [0.15, 0.2) is 11.5 Å². The van der Waals surface area contributed by atoms with E-state index in [2.05, 4.69) is 5.32 Å². The lowest BCUT2D eigenvalue weighted by atomic mass is 10.1. The summed E-state index contributed by atoms with van der Waals surface area (Å²) in [6, 6.07) is 13.6. The number of nitrogens with one attached hydrogen (secondary N) is 1. The molecule has 0 aromatic heterocycles. The molecule has 98 valence electrons. The van der Waals surface area contributed by atoms with Gasteiger partial charge in [0.25, 0.3) is 0 Å². The quantitative estimate of drug-likeness (QED) is 0.883. The van der Waals surface area contributed by atoms with Gasteiger partial charge in [0.05, 0.1) is 6.61 Å². The minimum absolute atomic E-state index is 0.0321. The molecule has 19 heavy (non-hydrogen) atoms. The van der Waals surface area contributed by atoms with Crippen molar-refractivity contribution in [3.05, 3.63) is 53.6 Å². The number of aliphatic hydroxyl groups excluding tert-OH is 1. The lowest BCUT2D eigenvalue weighted by Gasteiger charge is -2.10. The van der Waals surface area contributed by atoms with Crippen molar-refractivity contribution >= 4 is 5.69 Å². The van der Waals surface area contributed by atoms with Crippen LogP contribution in [0.25, 0.3) is 0 Å². The maximum absolute atomic E-state index is 9.27. The predicted octanol–water partition coefficient (Wildman–Crippen LogP) is 2.52. The van der Waals surface area contributed by atoms with E-state index in [1.165, 1.54) is 0 Å². The second-order valence-electron chi connectivity index (χ2n) is 4.36. The van der Waals surface area contributed by atoms with E-state index in [0.717, 1.165) is 28.3 Å². The highest BCUT2D eigenvalue weighted by molar-refractivity contribution is 5.52. The van der Waals surface area contributed by atoms with E-state index >= 15 is 0 Å². The summed E-state index contributed by atoms with van der Waals surface area (Å²) in [7, 11) is 0. The Labute approximate surface area is 111 Å². The number of hydrogen-bond acceptors (Lipinski definition) is 4. The van der Waals surface area contributed by atoms with E-state index in [1.54, 1.807) is 0 Å². The number of rotatable bonds is 4. The van der Waals surface area contributed by atoms with Crippen LogP contribution in [0.2, 0.25) is 0 Å². The van der Waals surface area contributed by atoms with Crippen molar-refractivity contribution < 1.29 is 14.6 Å². The summed E-state index contributed by atoms with van der Waals surface area (Å²) in [5.74, 6) is 1.58. The third kappa shape index (κ3) is 2.48. The molecule has 0 unspecified atom stereocenters. The van der Waals surface area contributed by atoms with Gasteiger partial charge in [-0.25, -0.2) is 0 Å². The Morgan fingerprint density at radius 1 is 1.05 bits per heavy atom. The van der Waals surface area contributed by atoms with Crippen LogP contribution in [0.15, 0.2) is 42.5 Å². The van der Waals surface area contributed by atoms with Crippen molar-refractivity contribution in [2.75, 3.05) is 12.1 Å². The SMILES string of the molecule is OCc1ccccc1NCc1ccc2c(c1)OCO2. The number of aliphatic hydroxyl groups is 1. The molecule has 2 aromatic rings. The predicted molar refractivity (Wildman–Crippen MR) is 72.3 cm³/mol. The molecule has 0 saturated heterocycles. The Balaban J connectivity index is 1.72. The third-order valence-corrected chi connectivity index (χ3v) is 3.11. The molecule has 1 aliphatic rings. The van der Waals surface area contributed by atoms with E-state index < -0.39 is 0 Å². The standard InChI is InChI=1S/C15H15NO3/c17-9-12-3-1-2-4-13(12)16-8-11-5-6-14-15(7-11)19-10-18-14/h1-7,16-17H,8-10H2. The number of fused-ring (bicyclic) bond motifs is 1. The van der Waals surface area contributed by atoms with Crippen LogP contribution < -0.4 is 14.8 Å². The maximum atomic E-state index is 9.27. The molecule has 4 nitrogen and oxygen atoms in total. The molecule has 1 heterocycles. The second kappa shape index (κ2) is 5.20. The van der Waals surface area contributed by atoms with Crippen molar-refractivity contribution in [2.45, 2.75) is 13.2 Å². The third-order valence-electron chi connectivity index (χ3n) is 3.11. The molecule has 0 spiro atoms. The molecule has 0 fully saturated rings. The van der Waals surface area contributed by atoms with Crippen LogP contribution in [0.4, 0.5) is 5.69 Å². The molecule has 2 N–H and O–H groups in total. The van der Waals surface area contributed by atoms with Gasteiger partial charge in [0.1, 0.15) is 0 Å². The van der Waals surface area contributed by atoms with Crippen LogP contribution in [0, 0.1) is 0 Å². The van der Waals surface area contributed by atoms with Gasteiger partial charge in [-0.15, -0.1) is 0 Å². The Hall–Kier alpha value is -2.20. The first-order valence-electron chi connectivity index (χ1n) is 6.18. The molecule has 0 bridgehead atoms. The second-order valence-corrected chi connectivity index (χ2v) is 4.36. The lowest BCUT2D eigenvalue weighted by Crippen LogP contribution is -2.02. The first-order valence-corrected chi connectivity index (χ1v) is 6.18. The van der Waals surface area contributed by atoms with Gasteiger partial charge in [-0.1, -0.05) is 24.3 Å². The molecular weight excluding hydrogens is 242 g/mol. The van der Waals surface area contributed by atoms with Crippen molar-refractivity contribution in [3.63, 3.8) is 0 Å². The normalized spacial score (nSPS) is 12.5. The fraction of sp³-hybridized carbons (Fsp3) is 0.200. The first kappa shape index (κ1) is 11.9. The van der Waals surface area contributed by atoms with Gasteiger partial charge in [-0.05, 0) is 23.8 Å². The van der Waals surface area contributed by atoms with E-state index in [-0.39, 0.29) is 6.61 Å². The number of hydrogen-bond donors (Lipinski definition) is 2. The fourth-order valence-corrected chi connectivity index (χ4v) is 2.08. The highest BCUT2D eigenvalue weighted by Gasteiger charge is 2.13. The smallest absolute Gasteiger partial charge is 0.231 e. The molecule has 2 aromatic carbocycles. The minimum Gasteiger partial charge on any atom is -0.454 e. The Morgan fingerprint density at radius 2 is 1.89 bits per heavy atom. The molecule has 0 saturated carbocycles. The molecule has 0 amide bonds. The maximum Gasteiger partial charge on any atom is 0.231 e. The van der Waals surface area contributed by atoms with E-state index in [1.807, 2.05) is 42.5 Å². The van der Waals surface area contributed by atoms with Crippen molar-refractivity contribution in [2.24, 2.45) is 0 Å². The number of anilines is 1. The number of ether oxygens (including phenoxy) is 2. The summed E-state index contributed by atoms with van der Waals surface area (Å²) in [4.78, 5) is 0. The zero-order valence-electron chi connectivity index (χ0n) is 10.4. The number of para-hydroxylation sites is 1. The molecule has 0 radical (unpaired) electrons. The summed E-state index contributed by atoms with van der Waals surface area (Å²) < 4.78 is 10.6. The molecule has 0 atom stereocenters. The van der Waals surface area contributed by atoms with Gasteiger partial charge < -0.3 is 19.9 Å². The number of benzene rings is 2. The lowest BCUT2D eigenvalue weighted by molar-refractivity contribution is 0.174. The van der Waals surface area contributed by atoms with Crippen LogP contribution in [0.3, 0.4) is 0 Å². The Bertz CT molecular complexity index is 583. The molecule has 0 aliphatic carbocycles. The first-order chi connectivity index (χ1) is 9.36. The Morgan fingerprint density at radius 3 is 2.79 bits per heavy atom. The van der Waals surface area contributed by atoms with Gasteiger partial charge in [0.2, 0.25) is 6.79 Å². The average Bonchev–Trinajstić information content (AvgIpc) is 2.93. The zero-order valence-corrected chi connectivity index (χ0v) is 10.4. The van der Waals surface area contributed by atoms with Crippen LogP contribution in [-0.4, -0.2) is 11.9 Å². The van der Waals surface area contributed by atoms with Gasteiger partial charge in [-0.3, -0.25) is 0 Å². The monoisotopic (exact) mass is 257 g/mol. The van der Waals surface area contributed by atoms with Crippen molar-refractivity contribution in [1.82, 2.24) is 0 Å². The molecule has 3 rings (SSSR count). The minimum atomic E-state index is 0.0321. The van der Waals surface area contributed by atoms with E-state index in [4.69, 9.17) is 9.47 Å². The molecule has 4 heteroatoms. The average molecular weight is 257 g/mol. The van der Waals surface area contributed by atoms with Crippen LogP contribution in [0.1, 0.15) is 11.1 Å². The highest BCUT2D eigenvalue weighted by atomic mass is 16.7. The highest BCUT2D eigenvalue weighted by Crippen LogP contribution is 2.32. The topological polar surface area (TPSA) is 50.7 Å². The van der Waals surface area contributed by atoms with Gasteiger partial charge in [-0.2, -0.15) is 0 Å². The fourth-order valence-electron chi connectivity index (χ4n) is 2.08. The van der Waals surface area contributed by atoms with Crippen molar-refractivity contribution in [1.29, 1.82) is 0 Å². The van der Waals surface area contributed by atoms with Gasteiger partial charge in [0, 0.05) is 17.8 Å². The van der Waals surface area contributed by atoms with Crippen molar-refractivity contribution in [3.8, 4) is 11.5 Å². The van der Waals surface area contributed by atoms with Crippen LogP contribution in [0.5, 0.6) is 11.5 Å². The molecule has 1 aliphatic heterocycles. The summed E-state index contributed by atoms with van der Waals surface area (Å²) in [5.41, 5.74) is 2.95. The Kier molecular flexibility index (Phi) is 3.25. The summed E-state index contributed by atoms with van der Waals surface area (Å²) in [6.45, 7) is 0.998. The largest absolute Gasteiger partial charge is 0.454 e. The van der Waals surface area contributed by atoms with E-state index in [0.29, 0.717) is 13.3 Å². The summed E-state index contributed by atoms with van der Waals surface area (Å²) in [5, 5.41) is 12.6. The van der Waals surface area contributed by atoms with E-state index in [9.17, 15) is 5.11 Å². The summed E-state index contributed by atoms with van der Waals surface area (Å²) in [6.07, 6.45) is 0. The van der Waals surface area contributed by atoms with Gasteiger partial charge >= 0.3 is 0 Å². The van der Waals surface area contributed by atoms with Crippen LogP contribution >= 0.6 is 0 Å². The summed E-state index contributed by atoms with van der Waals surface area (Å²) >= 11 is 0.